The molecule has 0 radical (unpaired) electrons. The van der Waals surface area contributed by atoms with Gasteiger partial charge in [-0.05, 0) is 25.7 Å². The molecule has 2 aliphatic rings. The van der Waals surface area contributed by atoms with E-state index in [9.17, 15) is 9.59 Å². The molecular weight excluding hydrogens is 238 g/mol. The van der Waals surface area contributed by atoms with Crippen molar-refractivity contribution in [3.05, 3.63) is 0 Å². The first-order valence-electron chi connectivity index (χ1n) is 6.05. The summed E-state index contributed by atoms with van der Waals surface area (Å²) in [4.78, 5) is 25.0. The molecule has 2 unspecified atom stereocenters. The molecule has 3 N–H and O–H groups in total. The Morgan fingerprint density at radius 3 is 2.65 bits per heavy atom. The zero-order chi connectivity index (χ0) is 12.4. The number of nitrogens with two attached hydrogens (primary N) is 1. The molecule has 6 heteroatoms. The van der Waals surface area contributed by atoms with Gasteiger partial charge in [0.15, 0.2) is 0 Å². The van der Waals surface area contributed by atoms with E-state index in [0.29, 0.717) is 11.7 Å². The lowest BCUT2D eigenvalue weighted by atomic mass is 9.91. The molecule has 2 rings (SSSR count). The first kappa shape index (κ1) is 12.7. The average molecular weight is 257 g/mol. The number of likely N-dealkylation sites (tertiary alicyclic amines) is 1. The smallest absolute Gasteiger partial charge is 0.279 e. The summed E-state index contributed by atoms with van der Waals surface area (Å²) in [7, 11) is 0. The van der Waals surface area contributed by atoms with Gasteiger partial charge in [0.05, 0.1) is 0 Å². The Kier molecular flexibility index (Phi) is 3.93. The van der Waals surface area contributed by atoms with Gasteiger partial charge in [0.2, 0.25) is 5.91 Å². The number of rotatable bonds is 2. The molecule has 5 nitrogen and oxygen atoms in total. The van der Waals surface area contributed by atoms with Crippen molar-refractivity contribution in [1.82, 2.24) is 10.2 Å². The van der Waals surface area contributed by atoms with E-state index >= 15 is 0 Å². The Labute approximate surface area is 105 Å². The van der Waals surface area contributed by atoms with Gasteiger partial charge in [-0.1, -0.05) is 11.8 Å². The maximum absolute atomic E-state index is 12.1. The van der Waals surface area contributed by atoms with Crippen molar-refractivity contribution in [3.8, 4) is 0 Å². The van der Waals surface area contributed by atoms with Gasteiger partial charge >= 0.3 is 0 Å². The van der Waals surface area contributed by atoms with E-state index in [-0.39, 0.29) is 23.2 Å². The molecule has 96 valence electrons. The van der Waals surface area contributed by atoms with E-state index in [1.807, 2.05) is 11.8 Å². The number of thioether (sulfide) groups is 1. The molecule has 0 aromatic heterocycles. The Bertz CT molecular complexity index is 314. The molecule has 0 bridgehead atoms. The standard InChI is InChI=1S/C11H19N3O2S/c1-7(12)8-2-4-14(5-3-8)10(15)9-6-17-11(16)13-9/h7-9H,2-6,12H2,1H3,(H,13,16). The molecular formula is C11H19N3O2S. The maximum atomic E-state index is 12.1. The molecule has 2 atom stereocenters. The summed E-state index contributed by atoms with van der Waals surface area (Å²) in [5.41, 5.74) is 5.87. The maximum Gasteiger partial charge on any atom is 0.279 e. The Morgan fingerprint density at radius 2 is 2.18 bits per heavy atom. The zero-order valence-electron chi connectivity index (χ0n) is 10.0. The van der Waals surface area contributed by atoms with Gasteiger partial charge in [0.1, 0.15) is 6.04 Å². The van der Waals surface area contributed by atoms with E-state index in [1.54, 1.807) is 0 Å². The number of amides is 2. The number of carbonyl (C=O) groups is 2. The number of hydrogen-bond donors (Lipinski definition) is 2. The van der Waals surface area contributed by atoms with Crippen molar-refractivity contribution in [2.45, 2.75) is 31.8 Å². The first-order chi connectivity index (χ1) is 8.08. The van der Waals surface area contributed by atoms with Crippen LogP contribution in [-0.2, 0) is 4.79 Å². The minimum absolute atomic E-state index is 0.0616. The van der Waals surface area contributed by atoms with Crippen LogP contribution in [0.1, 0.15) is 19.8 Å². The molecule has 2 saturated heterocycles. The SMILES string of the molecule is CC(N)C1CCN(C(=O)C2CSC(=O)N2)CC1. The zero-order valence-corrected chi connectivity index (χ0v) is 10.8. The van der Waals surface area contributed by atoms with Crippen LogP contribution in [-0.4, -0.2) is 47.0 Å². The Balaban J connectivity index is 1.84. The van der Waals surface area contributed by atoms with E-state index < -0.39 is 0 Å². The third-order valence-electron chi connectivity index (χ3n) is 3.57. The first-order valence-corrected chi connectivity index (χ1v) is 7.04. The van der Waals surface area contributed by atoms with Crippen LogP contribution >= 0.6 is 11.8 Å². The Morgan fingerprint density at radius 1 is 1.53 bits per heavy atom. The number of nitrogens with zero attached hydrogens (tertiary/aromatic N) is 1. The fourth-order valence-corrected chi connectivity index (χ4v) is 3.15. The highest BCUT2D eigenvalue weighted by Crippen LogP contribution is 2.22. The predicted octanol–water partition coefficient (Wildman–Crippen LogP) is 0.397. The van der Waals surface area contributed by atoms with Gasteiger partial charge in [-0.3, -0.25) is 9.59 Å². The van der Waals surface area contributed by atoms with Crippen molar-refractivity contribution in [2.75, 3.05) is 18.8 Å². The summed E-state index contributed by atoms with van der Waals surface area (Å²) in [5.74, 6) is 1.14. The van der Waals surface area contributed by atoms with Crippen LogP contribution in [0.5, 0.6) is 0 Å². The van der Waals surface area contributed by atoms with Gasteiger partial charge in [0, 0.05) is 24.9 Å². The number of carbonyl (C=O) groups excluding carboxylic acids is 2. The van der Waals surface area contributed by atoms with E-state index in [1.165, 1.54) is 11.8 Å². The highest BCUT2D eigenvalue weighted by molar-refractivity contribution is 8.14. The largest absolute Gasteiger partial charge is 0.341 e. The van der Waals surface area contributed by atoms with Gasteiger partial charge in [0.25, 0.3) is 5.24 Å². The van der Waals surface area contributed by atoms with Crippen LogP contribution in [0.25, 0.3) is 0 Å². The van der Waals surface area contributed by atoms with E-state index in [0.717, 1.165) is 25.9 Å². The topological polar surface area (TPSA) is 75.4 Å². The second kappa shape index (κ2) is 5.27. The van der Waals surface area contributed by atoms with Crippen molar-refractivity contribution in [1.29, 1.82) is 0 Å². The quantitative estimate of drug-likeness (QED) is 0.750. The summed E-state index contributed by atoms with van der Waals surface area (Å²) in [6.07, 6.45) is 1.94. The normalized spacial score (nSPS) is 28.0. The van der Waals surface area contributed by atoms with Crippen molar-refractivity contribution in [3.63, 3.8) is 0 Å². The van der Waals surface area contributed by atoms with Crippen molar-refractivity contribution >= 4 is 22.9 Å². The summed E-state index contributed by atoms with van der Waals surface area (Å²) in [5, 5.41) is 2.60. The average Bonchev–Trinajstić information content (AvgIpc) is 2.75. The van der Waals surface area contributed by atoms with E-state index in [2.05, 4.69) is 5.32 Å². The van der Waals surface area contributed by atoms with Crippen LogP contribution in [0.15, 0.2) is 0 Å². The van der Waals surface area contributed by atoms with Gasteiger partial charge in [-0.2, -0.15) is 0 Å². The van der Waals surface area contributed by atoms with Crippen molar-refractivity contribution < 1.29 is 9.59 Å². The summed E-state index contributed by atoms with van der Waals surface area (Å²) >= 11 is 1.19. The molecule has 0 saturated carbocycles. The van der Waals surface area contributed by atoms with Crippen molar-refractivity contribution in [2.24, 2.45) is 11.7 Å². The lowest BCUT2D eigenvalue weighted by Gasteiger charge is -2.34. The van der Waals surface area contributed by atoms with Gasteiger partial charge in [-0.25, -0.2) is 0 Å². The minimum Gasteiger partial charge on any atom is -0.341 e. The number of nitrogens with one attached hydrogen (secondary N) is 1. The fraction of sp³-hybridized carbons (Fsp3) is 0.818. The predicted molar refractivity (Wildman–Crippen MR) is 67.7 cm³/mol. The lowest BCUT2D eigenvalue weighted by molar-refractivity contribution is -0.134. The minimum atomic E-state index is -0.320. The highest BCUT2D eigenvalue weighted by Gasteiger charge is 2.33. The summed E-state index contributed by atoms with van der Waals surface area (Å²) < 4.78 is 0. The Hall–Kier alpha value is -0.750. The second-order valence-electron chi connectivity index (χ2n) is 4.82. The van der Waals surface area contributed by atoms with E-state index in [4.69, 9.17) is 5.73 Å². The number of piperidine rings is 1. The molecule has 0 spiro atoms. The van der Waals surface area contributed by atoms with Crippen LogP contribution in [0.3, 0.4) is 0 Å². The monoisotopic (exact) mass is 257 g/mol. The lowest BCUT2D eigenvalue weighted by Crippen LogP contribution is -2.49. The molecule has 17 heavy (non-hydrogen) atoms. The molecule has 0 aliphatic carbocycles. The van der Waals surface area contributed by atoms with Crippen LogP contribution in [0.4, 0.5) is 4.79 Å². The fourth-order valence-electron chi connectivity index (χ4n) is 2.38. The summed E-state index contributed by atoms with van der Waals surface area (Å²) in [6.45, 7) is 3.56. The second-order valence-corrected chi connectivity index (χ2v) is 5.81. The molecule has 2 heterocycles. The molecule has 0 aromatic carbocycles. The molecule has 2 amide bonds. The van der Waals surface area contributed by atoms with Crippen LogP contribution < -0.4 is 11.1 Å². The van der Waals surface area contributed by atoms with Crippen LogP contribution in [0.2, 0.25) is 0 Å². The van der Waals surface area contributed by atoms with Crippen LogP contribution in [0, 0.1) is 5.92 Å². The van der Waals surface area contributed by atoms with Gasteiger partial charge < -0.3 is 16.0 Å². The molecule has 0 aromatic rings. The number of hydrogen-bond acceptors (Lipinski definition) is 4. The third-order valence-corrected chi connectivity index (χ3v) is 4.45. The van der Waals surface area contributed by atoms with Gasteiger partial charge in [-0.15, -0.1) is 0 Å². The molecule has 2 fully saturated rings. The molecule has 2 aliphatic heterocycles. The highest BCUT2D eigenvalue weighted by atomic mass is 32.2. The summed E-state index contributed by atoms with van der Waals surface area (Å²) in [6, 6.07) is -0.117. The third kappa shape index (κ3) is 2.93.